The summed E-state index contributed by atoms with van der Waals surface area (Å²) in [7, 11) is 0. The molecule has 3 rings (SSSR count). The zero-order valence-corrected chi connectivity index (χ0v) is 10.9. The second-order valence-corrected chi connectivity index (χ2v) is 4.51. The Morgan fingerprint density at radius 1 is 1.24 bits per heavy atom. The van der Waals surface area contributed by atoms with Gasteiger partial charge < -0.3 is 10.3 Å². The van der Waals surface area contributed by atoms with Crippen LogP contribution < -0.4 is 5.32 Å². The van der Waals surface area contributed by atoms with E-state index in [-0.39, 0.29) is 11.3 Å². The number of H-pyrrole nitrogens is 1. The number of nitriles is 1. The molecular formula is C16H10FN3O. The van der Waals surface area contributed by atoms with Crippen LogP contribution in [0.5, 0.6) is 0 Å². The highest BCUT2D eigenvalue weighted by Crippen LogP contribution is 2.21. The zero-order valence-electron chi connectivity index (χ0n) is 10.9. The molecule has 1 amide bonds. The number of anilines is 1. The van der Waals surface area contributed by atoms with Crippen molar-refractivity contribution in [2.75, 3.05) is 5.32 Å². The maximum atomic E-state index is 13.8. The Labute approximate surface area is 119 Å². The third-order valence-corrected chi connectivity index (χ3v) is 3.18. The van der Waals surface area contributed by atoms with E-state index < -0.39 is 11.7 Å². The van der Waals surface area contributed by atoms with Gasteiger partial charge in [0.2, 0.25) is 0 Å². The lowest BCUT2D eigenvalue weighted by molar-refractivity contribution is 0.102. The van der Waals surface area contributed by atoms with Crippen molar-refractivity contribution < 1.29 is 9.18 Å². The fraction of sp³-hybridized carbons (Fsp3) is 0. The molecule has 0 radical (unpaired) electrons. The zero-order chi connectivity index (χ0) is 14.8. The number of rotatable bonds is 2. The van der Waals surface area contributed by atoms with Gasteiger partial charge in [-0.3, -0.25) is 4.79 Å². The molecule has 4 nitrogen and oxygen atoms in total. The van der Waals surface area contributed by atoms with Crippen molar-refractivity contribution in [3.05, 3.63) is 65.6 Å². The summed E-state index contributed by atoms with van der Waals surface area (Å²) in [6, 6.07) is 13.1. The van der Waals surface area contributed by atoms with Gasteiger partial charge in [0, 0.05) is 17.1 Å². The first-order valence-corrected chi connectivity index (χ1v) is 6.26. The van der Waals surface area contributed by atoms with Gasteiger partial charge >= 0.3 is 0 Å². The highest BCUT2D eigenvalue weighted by molar-refractivity contribution is 6.12. The van der Waals surface area contributed by atoms with E-state index in [1.54, 1.807) is 6.20 Å². The first-order valence-electron chi connectivity index (χ1n) is 6.26. The number of carbonyl (C=O) groups is 1. The van der Waals surface area contributed by atoms with Crippen LogP contribution in [0.4, 0.5) is 10.1 Å². The molecule has 0 aliphatic heterocycles. The van der Waals surface area contributed by atoms with Crippen molar-refractivity contribution in [3.8, 4) is 6.07 Å². The highest BCUT2D eigenvalue weighted by atomic mass is 19.1. The molecule has 0 saturated heterocycles. The summed E-state index contributed by atoms with van der Waals surface area (Å²) in [6.45, 7) is 0. The van der Waals surface area contributed by atoms with Gasteiger partial charge in [-0.2, -0.15) is 5.26 Å². The standard InChI is InChI=1S/C16H10FN3O/c17-13-7-10(8-18)5-6-15(13)20-16(21)12-9-19-14-4-2-1-3-11(12)14/h1-7,9,19H,(H,20,21). The predicted octanol–water partition coefficient (Wildman–Crippen LogP) is 3.43. The lowest BCUT2D eigenvalue weighted by Crippen LogP contribution is -2.12. The molecule has 3 aromatic rings. The Bertz CT molecular complexity index is 877. The minimum absolute atomic E-state index is 0.0456. The molecule has 2 N–H and O–H groups in total. The van der Waals surface area contributed by atoms with E-state index in [4.69, 9.17) is 5.26 Å². The van der Waals surface area contributed by atoms with Crippen LogP contribution in [0, 0.1) is 17.1 Å². The molecule has 2 aromatic carbocycles. The molecule has 21 heavy (non-hydrogen) atoms. The van der Waals surface area contributed by atoms with Crippen molar-refractivity contribution in [1.82, 2.24) is 4.98 Å². The van der Waals surface area contributed by atoms with Gasteiger partial charge in [0.15, 0.2) is 0 Å². The van der Waals surface area contributed by atoms with Crippen LogP contribution in [0.2, 0.25) is 0 Å². The van der Waals surface area contributed by atoms with Crippen molar-refractivity contribution >= 4 is 22.5 Å². The quantitative estimate of drug-likeness (QED) is 0.754. The minimum atomic E-state index is -0.637. The smallest absolute Gasteiger partial charge is 0.257 e. The Hall–Kier alpha value is -3.13. The average molecular weight is 279 g/mol. The predicted molar refractivity (Wildman–Crippen MR) is 77.4 cm³/mol. The molecule has 5 heteroatoms. The summed E-state index contributed by atoms with van der Waals surface area (Å²) in [5, 5.41) is 12.0. The first kappa shape index (κ1) is 12.9. The van der Waals surface area contributed by atoms with Crippen molar-refractivity contribution in [3.63, 3.8) is 0 Å². The molecule has 0 saturated carbocycles. The first-order chi connectivity index (χ1) is 10.2. The van der Waals surface area contributed by atoms with Gasteiger partial charge in [0.1, 0.15) is 5.82 Å². The highest BCUT2D eigenvalue weighted by Gasteiger charge is 2.13. The Kier molecular flexibility index (Phi) is 3.13. The monoisotopic (exact) mass is 279 g/mol. The van der Waals surface area contributed by atoms with E-state index in [2.05, 4.69) is 10.3 Å². The molecule has 0 aliphatic rings. The van der Waals surface area contributed by atoms with Crippen LogP contribution in [0.1, 0.15) is 15.9 Å². The summed E-state index contributed by atoms with van der Waals surface area (Å²) in [5.41, 5.74) is 1.53. The van der Waals surface area contributed by atoms with Crippen LogP contribution in [0.15, 0.2) is 48.7 Å². The van der Waals surface area contributed by atoms with Crippen LogP contribution in [-0.2, 0) is 0 Å². The molecule has 0 aliphatic carbocycles. The maximum absolute atomic E-state index is 13.8. The Balaban J connectivity index is 1.92. The third-order valence-electron chi connectivity index (χ3n) is 3.18. The van der Waals surface area contributed by atoms with E-state index in [9.17, 15) is 9.18 Å². The second-order valence-electron chi connectivity index (χ2n) is 4.51. The average Bonchev–Trinajstić information content (AvgIpc) is 2.93. The summed E-state index contributed by atoms with van der Waals surface area (Å²) in [4.78, 5) is 15.2. The van der Waals surface area contributed by atoms with E-state index in [0.29, 0.717) is 5.56 Å². The minimum Gasteiger partial charge on any atom is -0.360 e. The number of halogens is 1. The second kappa shape index (κ2) is 5.10. The fourth-order valence-electron chi connectivity index (χ4n) is 2.14. The normalized spacial score (nSPS) is 10.3. The number of hydrogen-bond donors (Lipinski definition) is 2. The Morgan fingerprint density at radius 2 is 2.05 bits per heavy atom. The molecular weight excluding hydrogens is 269 g/mol. The molecule has 0 spiro atoms. The lowest BCUT2D eigenvalue weighted by Gasteiger charge is -2.05. The number of nitrogens with one attached hydrogen (secondary N) is 2. The van der Waals surface area contributed by atoms with E-state index in [1.807, 2.05) is 30.3 Å². The number of fused-ring (bicyclic) bond motifs is 1. The van der Waals surface area contributed by atoms with Gasteiger partial charge in [0.05, 0.1) is 22.9 Å². The summed E-state index contributed by atoms with van der Waals surface area (Å²) in [5.74, 6) is -1.04. The summed E-state index contributed by atoms with van der Waals surface area (Å²) >= 11 is 0. The summed E-state index contributed by atoms with van der Waals surface area (Å²) < 4.78 is 13.8. The largest absolute Gasteiger partial charge is 0.360 e. The van der Waals surface area contributed by atoms with Crippen molar-refractivity contribution in [2.45, 2.75) is 0 Å². The number of aromatic nitrogens is 1. The number of para-hydroxylation sites is 1. The molecule has 102 valence electrons. The number of amides is 1. The maximum Gasteiger partial charge on any atom is 0.257 e. The summed E-state index contributed by atoms with van der Waals surface area (Å²) in [6.07, 6.45) is 1.58. The topological polar surface area (TPSA) is 68.7 Å². The van der Waals surface area contributed by atoms with Gasteiger partial charge in [-0.05, 0) is 24.3 Å². The van der Waals surface area contributed by atoms with E-state index in [0.717, 1.165) is 17.0 Å². The van der Waals surface area contributed by atoms with Gasteiger partial charge in [-0.25, -0.2) is 4.39 Å². The van der Waals surface area contributed by atoms with Crippen molar-refractivity contribution in [1.29, 1.82) is 5.26 Å². The van der Waals surface area contributed by atoms with Crippen LogP contribution in [0.25, 0.3) is 10.9 Å². The number of carbonyl (C=O) groups excluding carboxylic acids is 1. The molecule has 1 heterocycles. The van der Waals surface area contributed by atoms with Crippen molar-refractivity contribution in [2.24, 2.45) is 0 Å². The van der Waals surface area contributed by atoms with Gasteiger partial charge in [-0.15, -0.1) is 0 Å². The molecule has 0 fully saturated rings. The number of nitrogens with zero attached hydrogens (tertiary/aromatic N) is 1. The molecule has 1 aromatic heterocycles. The lowest BCUT2D eigenvalue weighted by atomic mass is 10.1. The molecule has 0 bridgehead atoms. The van der Waals surface area contributed by atoms with Crippen LogP contribution in [0.3, 0.4) is 0 Å². The van der Waals surface area contributed by atoms with Gasteiger partial charge in [0.25, 0.3) is 5.91 Å². The third kappa shape index (κ3) is 2.35. The van der Waals surface area contributed by atoms with E-state index >= 15 is 0 Å². The SMILES string of the molecule is N#Cc1ccc(NC(=O)c2c[nH]c3ccccc23)c(F)c1. The Morgan fingerprint density at radius 3 is 2.81 bits per heavy atom. The van der Waals surface area contributed by atoms with Crippen LogP contribution >= 0.6 is 0 Å². The number of aromatic amines is 1. The van der Waals surface area contributed by atoms with Crippen LogP contribution in [-0.4, -0.2) is 10.9 Å². The number of benzene rings is 2. The molecule has 0 unspecified atom stereocenters. The number of hydrogen-bond acceptors (Lipinski definition) is 2. The van der Waals surface area contributed by atoms with Gasteiger partial charge in [-0.1, -0.05) is 18.2 Å². The fourth-order valence-corrected chi connectivity index (χ4v) is 2.14. The van der Waals surface area contributed by atoms with E-state index in [1.165, 1.54) is 12.1 Å². The molecule has 0 atom stereocenters.